The van der Waals surface area contributed by atoms with Gasteiger partial charge in [-0.2, -0.15) is 0 Å². The summed E-state index contributed by atoms with van der Waals surface area (Å²) in [6.07, 6.45) is -1.59. The number of aliphatic hydroxyl groups excluding tert-OH is 1. The van der Waals surface area contributed by atoms with E-state index in [0.29, 0.717) is 10.0 Å². The fraction of sp³-hybridized carbons (Fsp3) is 0.333. The SMILES string of the molecule is O=C(COc1cc(Cl)ccc1Cl)NCC[C@H](O)C(=O)O. The minimum absolute atomic E-state index is 0.0267. The molecule has 1 rings (SSSR count). The van der Waals surface area contributed by atoms with Crippen LogP contribution in [0, 0.1) is 0 Å². The maximum atomic E-state index is 11.4. The second-order valence-electron chi connectivity index (χ2n) is 3.86. The van der Waals surface area contributed by atoms with Crippen LogP contribution in [0.4, 0.5) is 0 Å². The minimum Gasteiger partial charge on any atom is -0.482 e. The van der Waals surface area contributed by atoms with E-state index >= 15 is 0 Å². The fourth-order valence-corrected chi connectivity index (χ4v) is 1.59. The smallest absolute Gasteiger partial charge is 0.332 e. The second kappa shape index (κ2) is 7.94. The third-order valence-corrected chi connectivity index (χ3v) is 2.82. The Morgan fingerprint density at radius 2 is 2.05 bits per heavy atom. The molecule has 0 spiro atoms. The molecule has 0 fully saturated rings. The van der Waals surface area contributed by atoms with E-state index in [0.717, 1.165) is 0 Å². The fourth-order valence-electron chi connectivity index (χ4n) is 1.25. The van der Waals surface area contributed by atoms with Crippen molar-refractivity contribution < 1.29 is 24.5 Å². The van der Waals surface area contributed by atoms with E-state index in [9.17, 15) is 9.59 Å². The summed E-state index contributed by atoms with van der Waals surface area (Å²) in [7, 11) is 0. The molecule has 20 heavy (non-hydrogen) atoms. The summed E-state index contributed by atoms with van der Waals surface area (Å²) in [6.45, 7) is -0.262. The summed E-state index contributed by atoms with van der Waals surface area (Å²) in [4.78, 5) is 21.8. The molecular formula is C12H13Cl2NO5. The lowest BCUT2D eigenvalue weighted by atomic mass is 10.2. The normalized spacial score (nSPS) is 11.8. The van der Waals surface area contributed by atoms with Gasteiger partial charge in [-0.05, 0) is 12.1 Å². The highest BCUT2D eigenvalue weighted by molar-refractivity contribution is 6.34. The number of carbonyl (C=O) groups is 2. The number of carbonyl (C=O) groups excluding carboxylic acids is 1. The number of ether oxygens (including phenoxy) is 1. The second-order valence-corrected chi connectivity index (χ2v) is 4.70. The number of nitrogens with one attached hydrogen (secondary N) is 1. The minimum atomic E-state index is -1.50. The Bertz CT molecular complexity index is 495. The summed E-state index contributed by atoms with van der Waals surface area (Å²) in [6, 6.07) is 4.61. The molecular weight excluding hydrogens is 309 g/mol. The van der Waals surface area contributed by atoms with Gasteiger partial charge in [0.25, 0.3) is 5.91 Å². The van der Waals surface area contributed by atoms with Gasteiger partial charge in [-0.1, -0.05) is 23.2 Å². The van der Waals surface area contributed by atoms with Gasteiger partial charge in [0.1, 0.15) is 5.75 Å². The van der Waals surface area contributed by atoms with Crippen LogP contribution in [0.3, 0.4) is 0 Å². The number of hydrogen-bond donors (Lipinski definition) is 3. The molecule has 1 amide bonds. The van der Waals surface area contributed by atoms with Gasteiger partial charge < -0.3 is 20.3 Å². The van der Waals surface area contributed by atoms with Crippen LogP contribution < -0.4 is 10.1 Å². The molecule has 0 saturated carbocycles. The number of aliphatic carboxylic acids is 1. The highest BCUT2D eigenvalue weighted by Crippen LogP contribution is 2.27. The predicted molar refractivity (Wildman–Crippen MR) is 73.2 cm³/mol. The zero-order valence-corrected chi connectivity index (χ0v) is 11.8. The average Bonchev–Trinajstić information content (AvgIpc) is 2.39. The summed E-state index contributed by atoms with van der Waals surface area (Å²) in [5, 5.41) is 20.6. The van der Waals surface area contributed by atoms with Gasteiger partial charge in [-0.25, -0.2) is 4.79 Å². The molecule has 0 aliphatic heterocycles. The molecule has 0 aromatic heterocycles. The van der Waals surface area contributed by atoms with Crippen molar-refractivity contribution in [3.8, 4) is 5.75 Å². The Labute approximate surface area is 125 Å². The molecule has 0 heterocycles. The lowest BCUT2D eigenvalue weighted by molar-refractivity contribution is -0.147. The van der Waals surface area contributed by atoms with E-state index in [1.54, 1.807) is 12.1 Å². The number of aliphatic hydroxyl groups is 1. The Kier molecular flexibility index (Phi) is 6.57. The molecule has 8 heteroatoms. The topological polar surface area (TPSA) is 95.9 Å². The molecule has 0 saturated heterocycles. The average molecular weight is 322 g/mol. The molecule has 0 aliphatic carbocycles. The third-order valence-electron chi connectivity index (χ3n) is 2.28. The number of carboxylic acid groups (broad SMARTS) is 1. The highest BCUT2D eigenvalue weighted by atomic mass is 35.5. The van der Waals surface area contributed by atoms with Crippen molar-refractivity contribution in [1.82, 2.24) is 5.32 Å². The number of halogens is 2. The Morgan fingerprint density at radius 3 is 2.70 bits per heavy atom. The van der Waals surface area contributed by atoms with Gasteiger partial charge in [-0.15, -0.1) is 0 Å². The van der Waals surface area contributed by atoms with Crippen molar-refractivity contribution in [1.29, 1.82) is 0 Å². The molecule has 3 N–H and O–H groups in total. The van der Waals surface area contributed by atoms with Crippen molar-refractivity contribution in [2.45, 2.75) is 12.5 Å². The molecule has 1 aromatic rings. The van der Waals surface area contributed by atoms with Gasteiger partial charge in [-0.3, -0.25) is 4.79 Å². The number of carboxylic acids is 1. The van der Waals surface area contributed by atoms with Crippen LogP contribution in [0.15, 0.2) is 18.2 Å². The van der Waals surface area contributed by atoms with Crippen molar-refractivity contribution in [3.05, 3.63) is 28.2 Å². The van der Waals surface area contributed by atoms with Crippen LogP contribution >= 0.6 is 23.2 Å². The van der Waals surface area contributed by atoms with E-state index in [1.807, 2.05) is 0 Å². The monoisotopic (exact) mass is 321 g/mol. The highest BCUT2D eigenvalue weighted by Gasteiger charge is 2.13. The Morgan fingerprint density at radius 1 is 1.35 bits per heavy atom. The van der Waals surface area contributed by atoms with Crippen LogP contribution in [-0.4, -0.2) is 41.3 Å². The largest absolute Gasteiger partial charge is 0.482 e. The number of benzene rings is 1. The maximum absolute atomic E-state index is 11.4. The number of hydrogen-bond acceptors (Lipinski definition) is 4. The van der Waals surface area contributed by atoms with E-state index in [4.69, 9.17) is 38.2 Å². The van der Waals surface area contributed by atoms with E-state index in [1.165, 1.54) is 6.07 Å². The van der Waals surface area contributed by atoms with Crippen LogP contribution in [0.5, 0.6) is 5.75 Å². The van der Waals surface area contributed by atoms with E-state index in [-0.39, 0.29) is 25.3 Å². The molecule has 1 atom stereocenters. The summed E-state index contributed by atoms with van der Waals surface area (Å²) < 4.78 is 5.18. The predicted octanol–water partition coefficient (Wildman–Crippen LogP) is 1.32. The summed E-state index contributed by atoms with van der Waals surface area (Å²) in [5.74, 6) is -1.51. The zero-order chi connectivity index (χ0) is 15.1. The van der Waals surface area contributed by atoms with Gasteiger partial charge in [0.05, 0.1) is 5.02 Å². The number of amides is 1. The van der Waals surface area contributed by atoms with E-state index < -0.39 is 18.0 Å². The molecule has 0 radical (unpaired) electrons. The first-order valence-corrected chi connectivity index (χ1v) is 6.41. The van der Waals surface area contributed by atoms with Gasteiger partial charge in [0, 0.05) is 24.1 Å². The summed E-state index contributed by atoms with van der Waals surface area (Å²) in [5.41, 5.74) is 0. The van der Waals surface area contributed by atoms with Crippen LogP contribution in [0.1, 0.15) is 6.42 Å². The van der Waals surface area contributed by atoms with Crippen LogP contribution in [0.2, 0.25) is 10.0 Å². The molecule has 1 aromatic carbocycles. The van der Waals surface area contributed by atoms with Crippen molar-refractivity contribution in [2.24, 2.45) is 0 Å². The lowest BCUT2D eigenvalue weighted by Crippen LogP contribution is -2.33. The van der Waals surface area contributed by atoms with Gasteiger partial charge in [0.2, 0.25) is 0 Å². The standard InChI is InChI=1S/C12H13Cl2NO5/c13-7-1-2-8(14)10(5-7)20-6-11(17)15-4-3-9(16)12(18)19/h1-2,5,9,16H,3-4,6H2,(H,15,17)(H,18,19)/t9-/m0/s1. The van der Waals surface area contributed by atoms with Crippen LogP contribution in [0.25, 0.3) is 0 Å². The third kappa shape index (κ3) is 5.64. The first-order valence-electron chi connectivity index (χ1n) is 5.65. The molecule has 110 valence electrons. The van der Waals surface area contributed by atoms with E-state index in [2.05, 4.69) is 5.32 Å². The molecule has 6 nitrogen and oxygen atoms in total. The van der Waals surface area contributed by atoms with Crippen molar-refractivity contribution in [3.63, 3.8) is 0 Å². The first-order chi connectivity index (χ1) is 9.40. The van der Waals surface area contributed by atoms with Crippen LogP contribution in [-0.2, 0) is 9.59 Å². The lowest BCUT2D eigenvalue weighted by Gasteiger charge is -2.10. The van der Waals surface area contributed by atoms with Gasteiger partial charge >= 0.3 is 5.97 Å². The summed E-state index contributed by atoms with van der Waals surface area (Å²) >= 11 is 11.6. The number of rotatable bonds is 7. The Hall–Kier alpha value is -1.50. The first kappa shape index (κ1) is 16.6. The molecule has 0 aliphatic rings. The quantitative estimate of drug-likeness (QED) is 0.704. The van der Waals surface area contributed by atoms with Crippen molar-refractivity contribution >= 4 is 35.1 Å². The zero-order valence-electron chi connectivity index (χ0n) is 10.3. The Balaban J connectivity index is 2.33. The van der Waals surface area contributed by atoms with Gasteiger partial charge in [0.15, 0.2) is 12.7 Å². The van der Waals surface area contributed by atoms with Crippen molar-refractivity contribution in [2.75, 3.05) is 13.2 Å². The molecule has 0 bridgehead atoms. The maximum Gasteiger partial charge on any atom is 0.332 e. The molecule has 0 unspecified atom stereocenters.